The van der Waals surface area contributed by atoms with Gasteiger partial charge in [-0.15, -0.1) is 0 Å². The highest BCUT2D eigenvalue weighted by Gasteiger charge is 2.34. The Kier molecular flexibility index (Phi) is 5.42. The summed E-state index contributed by atoms with van der Waals surface area (Å²) in [6.45, 7) is 0.663. The molecule has 1 fully saturated rings. The van der Waals surface area contributed by atoms with Crippen molar-refractivity contribution in [1.29, 1.82) is 0 Å². The largest absolute Gasteiger partial charge is 0.497 e. The minimum atomic E-state index is -3.20. The van der Waals surface area contributed by atoms with Crippen molar-refractivity contribution < 1.29 is 17.9 Å². The van der Waals surface area contributed by atoms with E-state index in [0.29, 0.717) is 13.1 Å². The van der Waals surface area contributed by atoms with Crippen LogP contribution in [0.4, 0.5) is 0 Å². The molecule has 1 aliphatic rings. The zero-order valence-corrected chi connectivity index (χ0v) is 13.7. The molecule has 0 heterocycles. The van der Waals surface area contributed by atoms with Crippen LogP contribution in [0.3, 0.4) is 0 Å². The van der Waals surface area contributed by atoms with E-state index in [0.717, 1.165) is 24.2 Å². The second-order valence-electron chi connectivity index (χ2n) is 5.48. The van der Waals surface area contributed by atoms with E-state index in [4.69, 9.17) is 4.74 Å². The molecular formula is C15H22N2O4S. The molecule has 2 rings (SSSR count). The summed E-state index contributed by atoms with van der Waals surface area (Å²) in [5.41, 5.74) is 0.889. The number of methoxy groups -OCH3 is 1. The third-order valence-electron chi connectivity index (χ3n) is 3.56. The van der Waals surface area contributed by atoms with Crippen molar-refractivity contribution in [3.8, 4) is 5.75 Å². The molecule has 1 aromatic carbocycles. The maximum Gasteiger partial charge on any atom is 0.224 e. The Morgan fingerprint density at radius 3 is 2.45 bits per heavy atom. The first-order valence-electron chi connectivity index (χ1n) is 7.26. The van der Waals surface area contributed by atoms with Crippen LogP contribution in [0.15, 0.2) is 24.3 Å². The quantitative estimate of drug-likeness (QED) is 0.766. The number of nitrogens with zero attached hydrogens (tertiary/aromatic N) is 1. The lowest BCUT2D eigenvalue weighted by Gasteiger charge is -2.19. The predicted octanol–water partition coefficient (Wildman–Crippen LogP) is 0.778. The molecular weight excluding hydrogens is 304 g/mol. The number of ether oxygens (including phenoxy) is 1. The van der Waals surface area contributed by atoms with Gasteiger partial charge in [0.1, 0.15) is 5.75 Å². The van der Waals surface area contributed by atoms with Crippen molar-refractivity contribution in [2.75, 3.05) is 26.5 Å². The second-order valence-corrected chi connectivity index (χ2v) is 7.41. The van der Waals surface area contributed by atoms with E-state index in [9.17, 15) is 13.2 Å². The van der Waals surface area contributed by atoms with Crippen molar-refractivity contribution in [3.05, 3.63) is 29.8 Å². The van der Waals surface area contributed by atoms with Gasteiger partial charge in [-0.25, -0.2) is 8.42 Å². The molecule has 0 aliphatic heterocycles. The SMILES string of the molecule is COc1ccc(CC(=O)NCCN(C2CC2)S(C)(=O)=O)cc1. The van der Waals surface area contributed by atoms with Gasteiger partial charge in [-0.3, -0.25) is 4.79 Å². The van der Waals surface area contributed by atoms with Crippen LogP contribution < -0.4 is 10.1 Å². The van der Waals surface area contributed by atoms with Crippen LogP contribution in [0.1, 0.15) is 18.4 Å². The van der Waals surface area contributed by atoms with E-state index in [1.165, 1.54) is 10.6 Å². The van der Waals surface area contributed by atoms with Gasteiger partial charge in [-0.05, 0) is 30.5 Å². The number of nitrogens with one attached hydrogen (secondary N) is 1. The fourth-order valence-electron chi connectivity index (χ4n) is 2.28. The number of hydrogen-bond acceptors (Lipinski definition) is 4. The van der Waals surface area contributed by atoms with Gasteiger partial charge in [0, 0.05) is 19.1 Å². The molecule has 0 aromatic heterocycles. The number of carbonyl (C=O) groups excluding carboxylic acids is 1. The number of benzene rings is 1. The Labute approximate surface area is 131 Å². The van der Waals surface area contributed by atoms with Gasteiger partial charge in [0.05, 0.1) is 19.8 Å². The van der Waals surface area contributed by atoms with Gasteiger partial charge in [-0.1, -0.05) is 12.1 Å². The van der Waals surface area contributed by atoms with Crippen LogP contribution in [-0.4, -0.2) is 51.1 Å². The Hall–Kier alpha value is -1.60. The van der Waals surface area contributed by atoms with Crippen molar-refractivity contribution in [2.24, 2.45) is 0 Å². The molecule has 7 heteroatoms. The molecule has 0 spiro atoms. The lowest BCUT2D eigenvalue weighted by atomic mass is 10.1. The molecule has 0 bridgehead atoms. The average Bonchev–Trinajstić information content (AvgIpc) is 3.27. The van der Waals surface area contributed by atoms with Crippen LogP contribution in [0.25, 0.3) is 0 Å². The number of rotatable bonds is 8. The molecule has 0 radical (unpaired) electrons. The summed E-state index contributed by atoms with van der Waals surface area (Å²) in [6.07, 6.45) is 3.30. The summed E-state index contributed by atoms with van der Waals surface area (Å²) in [7, 11) is -1.61. The Bertz CT molecular complexity index is 609. The molecule has 22 heavy (non-hydrogen) atoms. The molecule has 0 atom stereocenters. The lowest BCUT2D eigenvalue weighted by molar-refractivity contribution is -0.120. The summed E-state index contributed by atoms with van der Waals surface area (Å²) in [5.74, 6) is 0.631. The summed E-state index contributed by atoms with van der Waals surface area (Å²) >= 11 is 0. The molecule has 0 unspecified atom stereocenters. The molecule has 1 N–H and O–H groups in total. The number of carbonyl (C=O) groups is 1. The monoisotopic (exact) mass is 326 g/mol. The highest BCUT2D eigenvalue weighted by Crippen LogP contribution is 2.28. The molecule has 1 aliphatic carbocycles. The van der Waals surface area contributed by atoms with E-state index < -0.39 is 10.0 Å². The Morgan fingerprint density at radius 2 is 1.95 bits per heavy atom. The predicted molar refractivity (Wildman–Crippen MR) is 84.3 cm³/mol. The average molecular weight is 326 g/mol. The van der Waals surface area contributed by atoms with Crippen molar-refractivity contribution in [3.63, 3.8) is 0 Å². The minimum Gasteiger partial charge on any atom is -0.497 e. The van der Waals surface area contributed by atoms with Gasteiger partial charge in [0.2, 0.25) is 15.9 Å². The van der Waals surface area contributed by atoms with Crippen LogP contribution in [0.5, 0.6) is 5.75 Å². The van der Waals surface area contributed by atoms with Gasteiger partial charge >= 0.3 is 0 Å². The maximum absolute atomic E-state index is 11.9. The standard InChI is InChI=1S/C15H22N2O4S/c1-21-14-7-3-12(4-8-14)11-15(18)16-9-10-17(13-5-6-13)22(2,19)20/h3-4,7-8,13H,5-6,9-11H2,1-2H3,(H,16,18). The maximum atomic E-state index is 11.9. The summed E-state index contributed by atoms with van der Waals surface area (Å²) in [5, 5.41) is 2.77. The Morgan fingerprint density at radius 1 is 1.32 bits per heavy atom. The smallest absolute Gasteiger partial charge is 0.224 e. The van der Waals surface area contributed by atoms with E-state index in [1.807, 2.05) is 12.1 Å². The first-order valence-corrected chi connectivity index (χ1v) is 9.11. The second kappa shape index (κ2) is 7.11. The topological polar surface area (TPSA) is 75.7 Å². The van der Waals surface area contributed by atoms with E-state index in [2.05, 4.69) is 5.32 Å². The third-order valence-corrected chi connectivity index (χ3v) is 4.89. The van der Waals surface area contributed by atoms with Crippen molar-refractivity contribution >= 4 is 15.9 Å². The van der Waals surface area contributed by atoms with Crippen LogP contribution in [0, 0.1) is 0 Å². The third kappa shape index (κ3) is 4.99. The fraction of sp³-hybridized carbons (Fsp3) is 0.533. The lowest BCUT2D eigenvalue weighted by Crippen LogP contribution is -2.39. The van der Waals surface area contributed by atoms with Gasteiger partial charge in [0.15, 0.2) is 0 Å². The summed E-state index contributed by atoms with van der Waals surface area (Å²) < 4.78 is 29.8. The molecule has 0 saturated heterocycles. The normalized spacial score (nSPS) is 14.9. The molecule has 1 amide bonds. The minimum absolute atomic E-state index is 0.116. The fourth-order valence-corrected chi connectivity index (χ4v) is 3.45. The van der Waals surface area contributed by atoms with E-state index >= 15 is 0 Å². The summed E-state index contributed by atoms with van der Waals surface area (Å²) in [4.78, 5) is 11.9. The number of hydrogen-bond donors (Lipinski definition) is 1. The zero-order chi connectivity index (χ0) is 16.2. The van der Waals surface area contributed by atoms with Crippen molar-refractivity contribution in [2.45, 2.75) is 25.3 Å². The van der Waals surface area contributed by atoms with Crippen LogP contribution in [-0.2, 0) is 21.2 Å². The number of sulfonamides is 1. The number of amides is 1. The highest BCUT2D eigenvalue weighted by molar-refractivity contribution is 7.88. The highest BCUT2D eigenvalue weighted by atomic mass is 32.2. The first-order chi connectivity index (χ1) is 10.4. The van der Waals surface area contributed by atoms with Crippen molar-refractivity contribution in [1.82, 2.24) is 9.62 Å². The van der Waals surface area contributed by atoms with E-state index in [1.54, 1.807) is 19.2 Å². The Balaban J connectivity index is 1.77. The molecule has 122 valence electrons. The summed E-state index contributed by atoms with van der Waals surface area (Å²) in [6, 6.07) is 7.41. The van der Waals surface area contributed by atoms with E-state index in [-0.39, 0.29) is 18.4 Å². The molecule has 1 aromatic rings. The van der Waals surface area contributed by atoms with Gasteiger partial charge in [0.25, 0.3) is 0 Å². The molecule has 1 saturated carbocycles. The van der Waals surface area contributed by atoms with Gasteiger partial charge < -0.3 is 10.1 Å². The molecule has 6 nitrogen and oxygen atoms in total. The van der Waals surface area contributed by atoms with Gasteiger partial charge in [-0.2, -0.15) is 4.31 Å². The van der Waals surface area contributed by atoms with Crippen LogP contribution in [0.2, 0.25) is 0 Å². The zero-order valence-electron chi connectivity index (χ0n) is 12.9. The first kappa shape index (κ1) is 16.8. The van der Waals surface area contributed by atoms with Crippen LogP contribution >= 0.6 is 0 Å².